The summed E-state index contributed by atoms with van der Waals surface area (Å²) >= 11 is 0. The second-order valence-electron chi connectivity index (χ2n) is 4.17. The van der Waals surface area contributed by atoms with E-state index in [1.165, 1.54) is 32.4 Å². The van der Waals surface area contributed by atoms with Crippen molar-refractivity contribution in [1.82, 2.24) is 4.90 Å². The minimum absolute atomic E-state index is 0.421. The molecule has 1 saturated heterocycles. The Morgan fingerprint density at radius 3 is 2.38 bits per heavy atom. The molecule has 80 valence electrons. The number of rotatable bonds is 1. The van der Waals surface area contributed by atoms with Gasteiger partial charge in [0.2, 0.25) is 0 Å². The molecule has 1 aliphatic rings. The predicted octanol–water partition coefficient (Wildman–Crippen LogP) is 2.09. The first-order valence-corrected chi connectivity index (χ1v) is 5.55. The maximum atomic E-state index is 5.73. The summed E-state index contributed by atoms with van der Waals surface area (Å²) in [6, 6.07) is 0. The topological polar surface area (TPSA) is 29.3 Å². The lowest BCUT2D eigenvalue weighted by Gasteiger charge is -2.25. The largest absolute Gasteiger partial charge is 0.330 e. The van der Waals surface area contributed by atoms with E-state index < -0.39 is 0 Å². The van der Waals surface area contributed by atoms with Gasteiger partial charge in [-0.25, -0.2) is 0 Å². The van der Waals surface area contributed by atoms with Crippen LogP contribution >= 0.6 is 0 Å². The van der Waals surface area contributed by atoms with E-state index in [4.69, 9.17) is 5.73 Å². The molecule has 0 aromatic rings. The van der Waals surface area contributed by atoms with Crippen LogP contribution < -0.4 is 5.73 Å². The molecular formula is C11H26N2. The molecule has 0 radical (unpaired) electrons. The second kappa shape index (κ2) is 6.39. The smallest absolute Gasteiger partial charge is 0.00161 e. The minimum atomic E-state index is 0.421. The first kappa shape index (κ1) is 12.9. The van der Waals surface area contributed by atoms with Crippen molar-refractivity contribution < 1.29 is 0 Å². The van der Waals surface area contributed by atoms with Crippen LogP contribution in [0, 0.1) is 5.41 Å². The molecule has 1 atom stereocenters. The molecule has 0 bridgehead atoms. The molecule has 1 rings (SSSR count). The van der Waals surface area contributed by atoms with Crippen LogP contribution in [0.5, 0.6) is 0 Å². The third kappa shape index (κ3) is 4.63. The van der Waals surface area contributed by atoms with Crippen LogP contribution in [0.4, 0.5) is 0 Å². The zero-order valence-electron chi connectivity index (χ0n) is 9.77. The summed E-state index contributed by atoms with van der Waals surface area (Å²) in [6.07, 6.45) is 3.87. The van der Waals surface area contributed by atoms with Crippen LogP contribution in [0.15, 0.2) is 0 Å². The van der Waals surface area contributed by atoms with E-state index in [-0.39, 0.29) is 0 Å². The Bertz CT molecular complexity index is 125. The third-order valence-corrected chi connectivity index (χ3v) is 2.91. The second-order valence-corrected chi connectivity index (χ2v) is 4.17. The van der Waals surface area contributed by atoms with Crippen LogP contribution in [-0.2, 0) is 0 Å². The molecule has 2 nitrogen and oxygen atoms in total. The van der Waals surface area contributed by atoms with Gasteiger partial charge in [-0.05, 0) is 51.4 Å². The van der Waals surface area contributed by atoms with E-state index in [1.54, 1.807) is 0 Å². The van der Waals surface area contributed by atoms with Crippen molar-refractivity contribution >= 4 is 0 Å². The number of nitrogens with zero attached hydrogens (tertiary/aromatic N) is 1. The molecule has 2 N–H and O–H groups in total. The fourth-order valence-electron chi connectivity index (χ4n) is 1.68. The van der Waals surface area contributed by atoms with Gasteiger partial charge in [-0.3, -0.25) is 0 Å². The minimum Gasteiger partial charge on any atom is -0.330 e. The van der Waals surface area contributed by atoms with E-state index in [9.17, 15) is 0 Å². The highest BCUT2D eigenvalue weighted by molar-refractivity contribution is 4.79. The summed E-state index contributed by atoms with van der Waals surface area (Å²) in [7, 11) is 2.20. The summed E-state index contributed by atoms with van der Waals surface area (Å²) in [4.78, 5) is 2.40. The molecule has 0 aromatic carbocycles. The van der Waals surface area contributed by atoms with Crippen molar-refractivity contribution in [3.63, 3.8) is 0 Å². The van der Waals surface area contributed by atoms with Crippen LogP contribution in [0.25, 0.3) is 0 Å². The highest BCUT2D eigenvalue weighted by atomic mass is 15.1. The zero-order valence-corrected chi connectivity index (χ0v) is 9.77. The average molecular weight is 186 g/mol. The van der Waals surface area contributed by atoms with Gasteiger partial charge < -0.3 is 10.6 Å². The maximum absolute atomic E-state index is 5.73. The molecule has 0 saturated carbocycles. The molecule has 0 amide bonds. The molecule has 13 heavy (non-hydrogen) atoms. The summed E-state index contributed by atoms with van der Waals surface area (Å²) in [5, 5.41) is 0. The number of hydrogen-bond acceptors (Lipinski definition) is 2. The predicted molar refractivity (Wildman–Crippen MR) is 59.9 cm³/mol. The number of nitrogens with two attached hydrogens (primary N) is 1. The lowest BCUT2D eigenvalue weighted by molar-refractivity contribution is 0.278. The molecule has 1 heterocycles. The van der Waals surface area contributed by atoms with E-state index >= 15 is 0 Å². The molecule has 1 unspecified atom stereocenters. The van der Waals surface area contributed by atoms with Crippen molar-refractivity contribution in [2.45, 2.75) is 40.0 Å². The van der Waals surface area contributed by atoms with Gasteiger partial charge in [0.1, 0.15) is 0 Å². The van der Waals surface area contributed by atoms with E-state index in [0.29, 0.717) is 5.41 Å². The van der Waals surface area contributed by atoms with E-state index in [0.717, 1.165) is 6.54 Å². The van der Waals surface area contributed by atoms with Gasteiger partial charge in [0.05, 0.1) is 0 Å². The van der Waals surface area contributed by atoms with Gasteiger partial charge in [-0.15, -0.1) is 0 Å². The zero-order chi connectivity index (χ0) is 10.3. The Labute approximate surface area is 83.5 Å². The molecule has 2 heteroatoms. The summed E-state index contributed by atoms with van der Waals surface area (Å²) in [6.45, 7) is 9.62. The number of likely N-dealkylation sites (tertiary alicyclic amines) is 1. The van der Waals surface area contributed by atoms with Crippen molar-refractivity contribution in [2.75, 3.05) is 26.7 Å². The fraction of sp³-hybridized carbons (Fsp3) is 1.00. The van der Waals surface area contributed by atoms with Crippen molar-refractivity contribution in [1.29, 1.82) is 0 Å². The molecule has 0 aliphatic carbocycles. The van der Waals surface area contributed by atoms with Crippen molar-refractivity contribution in [3.8, 4) is 0 Å². The third-order valence-electron chi connectivity index (χ3n) is 2.91. The first-order valence-electron chi connectivity index (χ1n) is 5.55. The Morgan fingerprint density at radius 2 is 1.85 bits per heavy atom. The van der Waals surface area contributed by atoms with Gasteiger partial charge in [0, 0.05) is 0 Å². The van der Waals surface area contributed by atoms with Gasteiger partial charge >= 0.3 is 0 Å². The maximum Gasteiger partial charge on any atom is -0.00161 e. The summed E-state index contributed by atoms with van der Waals surface area (Å²) in [5.74, 6) is 0. The highest BCUT2D eigenvalue weighted by Gasteiger charge is 2.24. The van der Waals surface area contributed by atoms with Gasteiger partial charge in [-0.2, -0.15) is 0 Å². The van der Waals surface area contributed by atoms with Gasteiger partial charge in [0.15, 0.2) is 0 Å². The average Bonchev–Trinajstić information content (AvgIpc) is 2.33. The summed E-state index contributed by atoms with van der Waals surface area (Å²) < 4.78 is 0. The van der Waals surface area contributed by atoms with Gasteiger partial charge in [0.25, 0.3) is 0 Å². The van der Waals surface area contributed by atoms with E-state index in [1.807, 2.05) is 13.8 Å². The molecule has 0 spiro atoms. The highest BCUT2D eigenvalue weighted by Crippen LogP contribution is 2.28. The fourth-order valence-corrected chi connectivity index (χ4v) is 1.68. The van der Waals surface area contributed by atoms with Crippen LogP contribution in [-0.4, -0.2) is 31.6 Å². The molecule has 0 aromatic heterocycles. The lowest BCUT2D eigenvalue weighted by atomic mass is 9.83. The standard InChI is InChI=1S/C9H20N2.C2H6/c1-9(8-10)4-3-6-11(2)7-5-9;1-2/h3-8,10H2,1-2H3;1-2H3. The molecular weight excluding hydrogens is 160 g/mol. The molecule has 1 fully saturated rings. The number of hydrogen-bond donors (Lipinski definition) is 1. The van der Waals surface area contributed by atoms with Crippen molar-refractivity contribution in [3.05, 3.63) is 0 Å². The first-order chi connectivity index (χ1) is 6.16. The normalized spacial score (nSPS) is 30.2. The monoisotopic (exact) mass is 186 g/mol. The van der Waals surface area contributed by atoms with Crippen LogP contribution in [0.3, 0.4) is 0 Å². The Morgan fingerprint density at radius 1 is 1.23 bits per heavy atom. The molecule has 1 aliphatic heterocycles. The Hall–Kier alpha value is -0.0800. The Kier molecular flexibility index (Phi) is 6.35. The SMILES string of the molecule is CC.CN1CCCC(C)(CN)CC1. The quantitative estimate of drug-likeness (QED) is 0.679. The van der Waals surface area contributed by atoms with Crippen LogP contribution in [0.1, 0.15) is 40.0 Å². The van der Waals surface area contributed by atoms with Crippen molar-refractivity contribution in [2.24, 2.45) is 11.1 Å². The lowest BCUT2D eigenvalue weighted by Crippen LogP contribution is -2.28. The Balaban J connectivity index is 0.000000671. The van der Waals surface area contributed by atoms with Gasteiger partial charge in [-0.1, -0.05) is 20.8 Å². The van der Waals surface area contributed by atoms with E-state index in [2.05, 4.69) is 18.9 Å². The van der Waals surface area contributed by atoms with Crippen LogP contribution in [0.2, 0.25) is 0 Å². The summed E-state index contributed by atoms with van der Waals surface area (Å²) in [5.41, 5.74) is 6.16.